The van der Waals surface area contributed by atoms with Crippen LogP contribution >= 0.6 is 11.8 Å². The molecule has 6 heteroatoms. The average Bonchev–Trinajstić information content (AvgIpc) is 3.11. The number of rotatable bonds is 5. The molecule has 1 atom stereocenters. The molecule has 0 radical (unpaired) electrons. The lowest BCUT2D eigenvalue weighted by Crippen LogP contribution is -2.59. The van der Waals surface area contributed by atoms with E-state index in [9.17, 15) is 9.90 Å². The number of carbonyl (C=O) groups is 1. The Labute approximate surface area is 147 Å². The van der Waals surface area contributed by atoms with Crippen LogP contribution in [-0.4, -0.2) is 65.8 Å². The van der Waals surface area contributed by atoms with E-state index in [1.165, 1.54) is 0 Å². The van der Waals surface area contributed by atoms with E-state index < -0.39 is 0 Å². The van der Waals surface area contributed by atoms with Gasteiger partial charge in [0.15, 0.2) is 0 Å². The number of ether oxygens (including phenoxy) is 1. The van der Waals surface area contributed by atoms with Crippen LogP contribution in [0.1, 0.15) is 29.3 Å². The highest BCUT2D eigenvalue weighted by Gasteiger charge is 2.41. The van der Waals surface area contributed by atoms with Crippen molar-refractivity contribution >= 4 is 17.7 Å². The fourth-order valence-corrected chi connectivity index (χ4v) is 4.94. The molecule has 0 saturated carbocycles. The second-order valence-electron chi connectivity index (χ2n) is 6.51. The zero-order chi connectivity index (χ0) is 17.0. The van der Waals surface area contributed by atoms with Gasteiger partial charge in [-0.25, -0.2) is 0 Å². The minimum atomic E-state index is -0.188. The summed E-state index contributed by atoms with van der Waals surface area (Å²) in [6, 6.07) is 5.25. The number of aromatic hydroxyl groups is 1. The maximum absolute atomic E-state index is 12.6. The summed E-state index contributed by atoms with van der Waals surface area (Å²) >= 11 is 1.95. The van der Waals surface area contributed by atoms with E-state index in [1.807, 2.05) is 24.8 Å². The molecule has 1 amide bonds. The molecule has 2 saturated heterocycles. The number of phenolic OH excluding ortho intramolecular Hbond substituents is 1. The van der Waals surface area contributed by atoms with Gasteiger partial charge in [0.05, 0.1) is 18.8 Å². The fraction of sp³-hybridized carbons (Fsp3) is 0.611. The largest absolute Gasteiger partial charge is 0.507 e. The molecule has 2 N–H and O–H groups in total. The van der Waals surface area contributed by atoms with Crippen LogP contribution in [0.5, 0.6) is 5.75 Å². The zero-order valence-electron chi connectivity index (χ0n) is 14.2. The molecule has 0 bridgehead atoms. The predicted octanol–water partition coefficient (Wildman–Crippen LogP) is 1.89. The van der Waals surface area contributed by atoms with Gasteiger partial charge in [0.2, 0.25) is 0 Å². The van der Waals surface area contributed by atoms with Crippen molar-refractivity contribution in [1.82, 2.24) is 10.2 Å². The summed E-state index contributed by atoms with van der Waals surface area (Å²) in [4.78, 5) is 15.1. The SMILES string of the molecule is CCc1ccc(O)c(C(=O)NCC2(N3CCOCC3)CCSC2)c1. The average molecular weight is 350 g/mol. The summed E-state index contributed by atoms with van der Waals surface area (Å²) in [6.45, 7) is 6.03. The lowest BCUT2D eigenvalue weighted by Gasteiger charge is -2.43. The number of aryl methyl sites for hydroxylation is 1. The number of hydrogen-bond donors (Lipinski definition) is 2. The Morgan fingerprint density at radius 3 is 2.88 bits per heavy atom. The summed E-state index contributed by atoms with van der Waals surface area (Å²) in [5.41, 5.74) is 1.44. The highest BCUT2D eigenvalue weighted by molar-refractivity contribution is 7.99. The highest BCUT2D eigenvalue weighted by Crippen LogP contribution is 2.33. The Bertz CT molecular complexity index is 582. The van der Waals surface area contributed by atoms with Gasteiger partial charge in [-0.05, 0) is 36.3 Å². The standard InChI is InChI=1S/C18H26N2O3S/c1-2-14-3-4-16(21)15(11-14)17(22)19-12-18(5-10-24-13-18)20-6-8-23-9-7-20/h3-4,11,21H,2,5-10,12-13H2,1H3,(H,19,22). The summed E-state index contributed by atoms with van der Waals surface area (Å²) in [5, 5.41) is 13.1. The molecule has 1 unspecified atom stereocenters. The molecular weight excluding hydrogens is 324 g/mol. The summed E-state index contributed by atoms with van der Waals surface area (Å²) < 4.78 is 5.47. The van der Waals surface area contributed by atoms with Gasteiger partial charge in [0, 0.05) is 30.9 Å². The molecule has 0 spiro atoms. The molecule has 2 heterocycles. The topological polar surface area (TPSA) is 61.8 Å². The van der Waals surface area contributed by atoms with Gasteiger partial charge >= 0.3 is 0 Å². The van der Waals surface area contributed by atoms with Gasteiger partial charge in [0.1, 0.15) is 5.75 Å². The van der Waals surface area contributed by atoms with Gasteiger partial charge < -0.3 is 15.2 Å². The molecule has 0 aliphatic carbocycles. The predicted molar refractivity (Wildman–Crippen MR) is 96.9 cm³/mol. The number of hydrogen-bond acceptors (Lipinski definition) is 5. The molecule has 24 heavy (non-hydrogen) atoms. The van der Waals surface area contributed by atoms with Gasteiger partial charge in [-0.2, -0.15) is 11.8 Å². The highest BCUT2D eigenvalue weighted by atomic mass is 32.2. The van der Waals surface area contributed by atoms with Crippen LogP contribution in [0.25, 0.3) is 0 Å². The summed E-state index contributed by atoms with van der Waals surface area (Å²) in [6.07, 6.45) is 1.92. The third kappa shape index (κ3) is 3.71. The number of benzene rings is 1. The molecule has 2 fully saturated rings. The molecule has 1 aromatic rings. The number of nitrogens with one attached hydrogen (secondary N) is 1. The minimum Gasteiger partial charge on any atom is -0.507 e. The normalized spacial score (nSPS) is 24.9. The number of thioether (sulfide) groups is 1. The van der Waals surface area contributed by atoms with Crippen molar-refractivity contribution in [3.05, 3.63) is 29.3 Å². The van der Waals surface area contributed by atoms with Crippen LogP contribution < -0.4 is 5.32 Å². The van der Waals surface area contributed by atoms with E-state index in [4.69, 9.17) is 4.74 Å². The monoisotopic (exact) mass is 350 g/mol. The van der Waals surface area contributed by atoms with Crippen molar-refractivity contribution in [2.75, 3.05) is 44.4 Å². The third-order valence-corrected chi connectivity index (χ3v) is 6.29. The van der Waals surface area contributed by atoms with E-state index in [0.29, 0.717) is 12.1 Å². The van der Waals surface area contributed by atoms with Crippen LogP contribution in [0.4, 0.5) is 0 Å². The molecule has 3 rings (SSSR count). The van der Waals surface area contributed by atoms with Crippen molar-refractivity contribution in [3.8, 4) is 5.75 Å². The van der Waals surface area contributed by atoms with E-state index in [0.717, 1.165) is 56.2 Å². The van der Waals surface area contributed by atoms with Gasteiger partial charge in [-0.1, -0.05) is 13.0 Å². The molecule has 0 aromatic heterocycles. The second kappa shape index (κ2) is 7.76. The van der Waals surface area contributed by atoms with Crippen LogP contribution in [0.15, 0.2) is 18.2 Å². The van der Waals surface area contributed by atoms with Crippen molar-refractivity contribution in [3.63, 3.8) is 0 Å². The van der Waals surface area contributed by atoms with Crippen LogP contribution in [0.3, 0.4) is 0 Å². The third-order valence-electron chi connectivity index (χ3n) is 5.06. The van der Waals surface area contributed by atoms with Crippen LogP contribution in [-0.2, 0) is 11.2 Å². The number of amides is 1. The Morgan fingerprint density at radius 1 is 1.42 bits per heavy atom. The fourth-order valence-electron chi connectivity index (χ4n) is 3.46. The molecule has 5 nitrogen and oxygen atoms in total. The van der Waals surface area contributed by atoms with E-state index in [-0.39, 0.29) is 17.2 Å². The molecule has 132 valence electrons. The van der Waals surface area contributed by atoms with Gasteiger partial charge in [-0.3, -0.25) is 9.69 Å². The first-order valence-corrected chi connectivity index (χ1v) is 9.81. The van der Waals surface area contributed by atoms with Gasteiger partial charge in [-0.15, -0.1) is 0 Å². The van der Waals surface area contributed by atoms with Crippen molar-refractivity contribution in [1.29, 1.82) is 0 Å². The molecule has 1 aromatic carbocycles. The number of morpholine rings is 1. The van der Waals surface area contributed by atoms with Crippen molar-refractivity contribution in [2.24, 2.45) is 0 Å². The van der Waals surface area contributed by atoms with Crippen molar-refractivity contribution < 1.29 is 14.6 Å². The van der Waals surface area contributed by atoms with E-state index in [1.54, 1.807) is 12.1 Å². The lowest BCUT2D eigenvalue weighted by molar-refractivity contribution is -0.0129. The lowest BCUT2D eigenvalue weighted by atomic mass is 9.95. The first-order valence-electron chi connectivity index (χ1n) is 8.65. The Morgan fingerprint density at radius 2 is 2.21 bits per heavy atom. The molecule has 2 aliphatic rings. The maximum Gasteiger partial charge on any atom is 0.255 e. The molecule has 2 aliphatic heterocycles. The maximum atomic E-state index is 12.6. The Kier molecular flexibility index (Phi) is 5.69. The number of carbonyl (C=O) groups excluding carboxylic acids is 1. The smallest absolute Gasteiger partial charge is 0.255 e. The summed E-state index contributed by atoms with van der Waals surface area (Å²) in [7, 11) is 0. The first kappa shape index (κ1) is 17.6. The Hall–Kier alpha value is -1.24. The zero-order valence-corrected chi connectivity index (χ0v) is 15.0. The molecular formula is C18H26N2O3S. The Balaban J connectivity index is 1.69. The van der Waals surface area contributed by atoms with Crippen LogP contribution in [0, 0.1) is 0 Å². The van der Waals surface area contributed by atoms with Crippen LogP contribution in [0.2, 0.25) is 0 Å². The van der Waals surface area contributed by atoms with Crippen molar-refractivity contribution in [2.45, 2.75) is 25.3 Å². The van der Waals surface area contributed by atoms with Gasteiger partial charge in [0.25, 0.3) is 5.91 Å². The first-order chi connectivity index (χ1) is 11.6. The second-order valence-corrected chi connectivity index (χ2v) is 7.62. The van der Waals surface area contributed by atoms with E-state index >= 15 is 0 Å². The summed E-state index contributed by atoms with van der Waals surface area (Å²) in [5.74, 6) is 2.02. The quantitative estimate of drug-likeness (QED) is 0.849. The van der Waals surface area contributed by atoms with E-state index in [2.05, 4.69) is 10.2 Å². The number of nitrogens with zero attached hydrogens (tertiary/aromatic N) is 1. The number of phenols is 1. The minimum absolute atomic E-state index is 0.0160.